The van der Waals surface area contributed by atoms with Crippen LogP contribution < -0.4 is 10.6 Å². The van der Waals surface area contributed by atoms with Gasteiger partial charge in [-0.2, -0.15) is 0 Å². The van der Waals surface area contributed by atoms with Crippen LogP contribution in [0.1, 0.15) is 31.4 Å². The second-order valence-electron chi connectivity index (χ2n) is 5.20. The molecule has 1 saturated heterocycles. The van der Waals surface area contributed by atoms with Crippen molar-refractivity contribution >= 4 is 34.2 Å². The van der Waals surface area contributed by atoms with E-state index in [0.717, 1.165) is 23.1 Å². The van der Waals surface area contributed by atoms with Gasteiger partial charge in [-0.3, -0.25) is 4.79 Å². The highest BCUT2D eigenvalue weighted by Crippen LogP contribution is 2.25. The molecule has 6 heteroatoms. The Morgan fingerprint density at radius 2 is 2.10 bits per heavy atom. The number of halogens is 2. The highest BCUT2D eigenvalue weighted by Gasteiger charge is 2.40. The molecule has 1 amide bonds. The number of ether oxygens (including phenoxy) is 1. The van der Waals surface area contributed by atoms with Crippen molar-refractivity contribution in [2.75, 3.05) is 20.2 Å². The number of methoxy groups -OCH3 is 1. The number of carbonyl (C=O) groups excluding carboxylic acids is 1. The summed E-state index contributed by atoms with van der Waals surface area (Å²) in [5.74, 6) is -0.0195. The van der Waals surface area contributed by atoms with Crippen LogP contribution in [0.3, 0.4) is 0 Å². The highest BCUT2D eigenvalue weighted by molar-refractivity contribution is 9.10. The average molecular weight is 378 g/mol. The van der Waals surface area contributed by atoms with Crippen LogP contribution in [0.5, 0.6) is 0 Å². The molecule has 21 heavy (non-hydrogen) atoms. The minimum atomic E-state index is -0.689. The molecule has 4 nitrogen and oxygen atoms in total. The lowest BCUT2D eigenvalue weighted by molar-refractivity contribution is -0.147. The SMILES string of the molecule is COC1(C(=O)NC(C)c2cccc(Br)c2)CCNCC1.Cl. The van der Waals surface area contributed by atoms with Gasteiger partial charge < -0.3 is 15.4 Å². The standard InChI is InChI=1S/C15H21BrN2O2.ClH/c1-11(12-4-3-5-13(16)10-12)18-14(19)15(20-2)6-8-17-9-7-15;/h3-5,10-11,17H,6-9H2,1-2H3,(H,18,19);1H. The van der Waals surface area contributed by atoms with E-state index in [-0.39, 0.29) is 24.4 Å². The summed E-state index contributed by atoms with van der Waals surface area (Å²) in [6.45, 7) is 3.61. The van der Waals surface area contributed by atoms with Crippen molar-refractivity contribution < 1.29 is 9.53 Å². The van der Waals surface area contributed by atoms with E-state index in [1.54, 1.807) is 7.11 Å². The fraction of sp³-hybridized carbons (Fsp3) is 0.533. The van der Waals surface area contributed by atoms with Gasteiger partial charge in [0.15, 0.2) is 0 Å². The molecule has 2 N–H and O–H groups in total. The van der Waals surface area contributed by atoms with Crippen molar-refractivity contribution in [3.8, 4) is 0 Å². The molecule has 0 aromatic heterocycles. The van der Waals surface area contributed by atoms with E-state index >= 15 is 0 Å². The molecule has 1 atom stereocenters. The van der Waals surface area contributed by atoms with E-state index in [1.165, 1.54) is 0 Å². The Balaban J connectivity index is 0.00000220. The summed E-state index contributed by atoms with van der Waals surface area (Å²) in [6.07, 6.45) is 1.42. The topological polar surface area (TPSA) is 50.4 Å². The van der Waals surface area contributed by atoms with Crippen LogP contribution in [0, 0.1) is 0 Å². The molecule has 1 aromatic rings. The summed E-state index contributed by atoms with van der Waals surface area (Å²) in [7, 11) is 1.62. The van der Waals surface area contributed by atoms with Gasteiger partial charge in [-0.1, -0.05) is 28.1 Å². The van der Waals surface area contributed by atoms with E-state index in [1.807, 2.05) is 31.2 Å². The van der Waals surface area contributed by atoms with Crippen molar-refractivity contribution in [1.82, 2.24) is 10.6 Å². The molecular weight excluding hydrogens is 356 g/mol. The average Bonchev–Trinajstić information content (AvgIpc) is 2.47. The molecule has 1 fully saturated rings. The zero-order chi connectivity index (χ0) is 14.6. The molecule has 0 bridgehead atoms. The van der Waals surface area contributed by atoms with Crippen LogP contribution >= 0.6 is 28.3 Å². The Hall–Kier alpha value is -0.620. The van der Waals surface area contributed by atoms with Gasteiger partial charge in [-0.25, -0.2) is 0 Å². The first kappa shape index (κ1) is 18.4. The molecule has 1 heterocycles. The van der Waals surface area contributed by atoms with Crippen LogP contribution in [0.25, 0.3) is 0 Å². The number of carbonyl (C=O) groups is 1. The predicted molar refractivity (Wildman–Crippen MR) is 89.8 cm³/mol. The fourth-order valence-corrected chi connectivity index (χ4v) is 2.96. The molecule has 1 unspecified atom stereocenters. The lowest BCUT2D eigenvalue weighted by Gasteiger charge is -2.35. The maximum Gasteiger partial charge on any atom is 0.252 e. The van der Waals surface area contributed by atoms with E-state index in [4.69, 9.17) is 4.74 Å². The smallest absolute Gasteiger partial charge is 0.252 e. The van der Waals surface area contributed by atoms with Crippen molar-refractivity contribution in [2.45, 2.75) is 31.4 Å². The zero-order valence-corrected chi connectivity index (χ0v) is 14.7. The Kier molecular flexibility index (Phi) is 7.13. The largest absolute Gasteiger partial charge is 0.368 e. The Morgan fingerprint density at radius 1 is 1.43 bits per heavy atom. The summed E-state index contributed by atoms with van der Waals surface area (Å²) in [5, 5.41) is 6.33. The molecular formula is C15H22BrClN2O2. The van der Waals surface area contributed by atoms with Crippen molar-refractivity contribution in [1.29, 1.82) is 0 Å². The minimum Gasteiger partial charge on any atom is -0.368 e. The van der Waals surface area contributed by atoms with Crippen molar-refractivity contribution in [3.05, 3.63) is 34.3 Å². The molecule has 1 aliphatic rings. The van der Waals surface area contributed by atoms with E-state index < -0.39 is 5.60 Å². The quantitative estimate of drug-likeness (QED) is 0.848. The van der Waals surface area contributed by atoms with Gasteiger partial charge in [0.05, 0.1) is 6.04 Å². The van der Waals surface area contributed by atoms with Crippen LogP contribution in [0.15, 0.2) is 28.7 Å². The van der Waals surface area contributed by atoms with E-state index in [9.17, 15) is 4.79 Å². The Labute approximate surface area is 140 Å². The second-order valence-corrected chi connectivity index (χ2v) is 6.11. The molecule has 0 aliphatic carbocycles. The van der Waals surface area contributed by atoms with Crippen LogP contribution in [-0.4, -0.2) is 31.7 Å². The summed E-state index contributed by atoms with van der Waals surface area (Å²) in [5.41, 5.74) is 0.388. The van der Waals surface area contributed by atoms with Gasteiger partial charge in [0.25, 0.3) is 5.91 Å². The number of piperidine rings is 1. The zero-order valence-electron chi connectivity index (χ0n) is 12.3. The van der Waals surface area contributed by atoms with Crippen LogP contribution in [0.4, 0.5) is 0 Å². The van der Waals surface area contributed by atoms with Gasteiger partial charge in [0, 0.05) is 11.6 Å². The van der Waals surface area contributed by atoms with Crippen LogP contribution in [-0.2, 0) is 9.53 Å². The molecule has 0 spiro atoms. The number of amides is 1. The van der Waals surface area contributed by atoms with Crippen molar-refractivity contribution in [2.24, 2.45) is 0 Å². The number of hydrogen-bond donors (Lipinski definition) is 2. The lowest BCUT2D eigenvalue weighted by atomic mass is 9.90. The third-order valence-corrected chi connectivity index (χ3v) is 4.41. The first-order valence-corrected chi connectivity index (χ1v) is 7.69. The maximum absolute atomic E-state index is 12.5. The molecule has 118 valence electrons. The fourth-order valence-electron chi connectivity index (χ4n) is 2.54. The molecule has 0 saturated carbocycles. The molecule has 1 aliphatic heterocycles. The van der Waals surface area contributed by atoms with Gasteiger partial charge in [-0.15, -0.1) is 12.4 Å². The second kappa shape index (κ2) is 8.13. The monoisotopic (exact) mass is 376 g/mol. The normalized spacial score (nSPS) is 18.4. The Morgan fingerprint density at radius 3 is 2.67 bits per heavy atom. The van der Waals surface area contributed by atoms with Gasteiger partial charge >= 0.3 is 0 Å². The summed E-state index contributed by atoms with van der Waals surface area (Å²) >= 11 is 3.45. The van der Waals surface area contributed by atoms with Crippen LogP contribution in [0.2, 0.25) is 0 Å². The third kappa shape index (κ3) is 4.42. The van der Waals surface area contributed by atoms with Gasteiger partial charge in [0.2, 0.25) is 0 Å². The Bertz CT molecular complexity index is 478. The predicted octanol–water partition coefficient (Wildman–Crippen LogP) is 2.82. The first-order chi connectivity index (χ1) is 9.57. The molecule has 1 aromatic carbocycles. The third-order valence-electron chi connectivity index (χ3n) is 3.91. The highest BCUT2D eigenvalue weighted by atomic mass is 79.9. The van der Waals surface area contributed by atoms with Gasteiger partial charge in [0.1, 0.15) is 5.60 Å². The minimum absolute atomic E-state index is 0. The lowest BCUT2D eigenvalue weighted by Crippen LogP contribution is -2.54. The number of hydrogen-bond acceptors (Lipinski definition) is 3. The maximum atomic E-state index is 12.5. The summed E-state index contributed by atoms with van der Waals surface area (Å²) in [6, 6.07) is 7.94. The summed E-state index contributed by atoms with van der Waals surface area (Å²) < 4.78 is 6.55. The van der Waals surface area contributed by atoms with E-state index in [2.05, 4.69) is 26.6 Å². The number of nitrogens with one attached hydrogen (secondary N) is 2. The molecule has 2 rings (SSSR count). The molecule has 0 radical (unpaired) electrons. The van der Waals surface area contributed by atoms with Crippen molar-refractivity contribution in [3.63, 3.8) is 0 Å². The number of benzene rings is 1. The van der Waals surface area contributed by atoms with Gasteiger partial charge in [-0.05, 0) is 50.6 Å². The number of rotatable bonds is 4. The van der Waals surface area contributed by atoms with E-state index in [0.29, 0.717) is 12.8 Å². The first-order valence-electron chi connectivity index (χ1n) is 6.90. The summed E-state index contributed by atoms with van der Waals surface area (Å²) in [4.78, 5) is 12.5.